The first-order valence-corrected chi connectivity index (χ1v) is 8.89. The molecule has 2 aromatic carbocycles. The van der Waals surface area contributed by atoms with Crippen molar-refractivity contribution in [2.24, 2.45) is 0 Å². The van der Waals surface area contributed by atoms with Gasteiger partial charge in [0.15, 0.2) is 0 Å². The molecule has 28 heavy (non-hydrogen) atoms. The van der Waals surface area contributed by atoms with Crippen molar-refractivity contribution in [1.29, 1.82) is 0 Å². The fourth-order valence-electron chi connectivity index (χ4n) is 3.55. The summed E-state index contributed by atoms with van der Waals surface area (Å²) in [4.78, 5) is 24.2. The summed E-state index contributed by atoms with van der Waals surface area (Å²) in [6, 6.07) is 11.4. The lowest BCUT2D eigenvalue weighted by atomic mass is 9.91. The van der Waals surface area contributed by atoms with E-state index in [4.69, 9.17) is 4.74 Å². The minimum atomic E-state index is -0.667. The molecule has 2 aromatic rings. The van der Waals surface area contributed by atoms with Crippen LogP contribution in [0.1, 0.15) is 35.3 Å². The Balaban J connectivity index is 1.78. The second-order valence-electron chi connectivity index (χ2n) is 7.21. The van der Waals surface area contributed by atoms with Crippen LogP contribution in [0.15, 0.2) is 54.3 Å². The maximum absolute atomic E-state index is 13.5. The van der Waals surface area contributed by atoms with Gasteiger partial charge in [-0.3, -0.25) is 9.59 Å². The van der Waals surface area contributed by atoms with Gasteiger partial charge in [0.25, 0.3) is 11.8 Å². The summed E-state index contributed by atoms with van der Waals surface area (Å²) in [5.41, 5.74) is 3.12. The molecule has 0 aliphatic carbocycles. The van der Waals surface area contributed by atoms with Crippen LogP contribution in [0.2, 0.25) is 0 Å². The maximum atomic E-state index is 13.5. The van der Waals surface area contributed by atoms with E-state index in [9.17, 15) is 14.0 Å². The average molecular weight is 378 g/mol. The highest BCUT2D eigenvalue weighted by Crippen LogP contribution is 2.44. The van der Waals surface area contributed by atoms with Crippen LogP contribution in [0.3, 0.4) is 0 Å². The number of carbonyl (C=O) groups is 2. The van der Waals surface area contributed by atoms with Crippen LogP contribution in [0, 0.1) is 5.82 Å². The molecule has 2 heterocycles. The molecule has 0 atom stereocenters. The van der Waals surface area contributed by atoms with Crippen molar-refractivity contribution in [3.05, 3.63) is 76.8 Å². The molecular weight excluding hydrogens is 359 g/mol. The Kier molecular flexibility index (Phi) is 4.07. The van der Waals surface area contributed by atoms with Gasteiger partial charge < -0.3 is 15.4 Å². The number of halogens is 1. The monoisotopic (exact) mass is 378 g/mol. The van der Waals surface area contributed by atoms with Gasteiger partial charge in [-0.1, -0.05) is 12.1 Å². The highest BCUT2D eigenvalue weighted by Gasteiger charge is 2.38. The molecule has 0 aromatic heterocycles. The van der Waals surface area contributed by atoms with E-state index in [1.807, 2.05) is 32.1 Å². The summed E-state index contributed by atoms with van der Waals surface area (Å²) >= 11 is 0. The quantitative estimate of drug-likeness (QED) is 0.783. The Morgan fingerprint density at radius 3 is 2.54 bits per heavy atom. The minimum absolute atomic E-state index is 0.156. The second-order valence-corrected chi connectivity index (χ2v) is 7.21. The minimum Gasteiger partial charge on any atom is -0.482 e. The first kappa shape index (κ1) is 18.0. The smallest absolute Gasteiger partial charge is 0.260 e. The van der Waals surface area contributed by atoms with Gasteiger partial charge in [0.05, 0.1) is 11.3 Å². The maximum Gasteiger partial charge on any atom is 0.260 e. The van der Waals surface area contributed by atoms with Crippen molar-refractivity contribution in [3.8, 4) is 0 Å². The highest BCUT2D eigenvalue weighted by atomic mass is 19.1. The third-order valence-corrected chi connectivity index (χ3v) is 4.95. The largest absolute Gasteiger partial charge is 0.482 e. The summed E-state index contributed by atoms with van der Waals surface area (Å²) in [5.74, 6) is -0.445. The molecule has 0 fully saturated rings. The van der Waals surface area contributed by atoms with E-state index in [0.29, 0.717) is 28.1 Å². The van der Waals surface area contributed by atoms with Crippen LogP contribution in [0.5, 0.6) is 0 Å². The van der Waals surface area contributed by atoms with Crippen LogP contribution in [-0.4, -0.2) is 24.5 Å². The van der Waals surface area contributed by atoms with Crippen LogP contribution in [0.4, 0.5) is 10.1 Å². The molecule has 0 spiro atoms. The summed E-state index contributed by atoms with van der Waals surface area (Å²) in [6.07, 6.45) is 1.84. The zero-order valence-corrected chi connectivity index (χ0v) is 15.7. The number of allylic oxidation sites excluding steroid dienone is 1. The van der Waals surface area contributed by atoms with Crippen molar-refractivity contribution in [2.45, 2.75) is 19.4 Å². The Hall–Kier alpha value is -3.41. The van der Waals surface area contributed by atoms with E-state index in [1.54, 1.807) is 25.2 Å². The second kappa shape index (κ2) is 6.34. The van der Waals surface area contributed by atoms with Gasteiger partial charge in [0.2, 0.25) is 0 Å². The molecule has 0 saturated heterocycles. The molecule has 2 amide bonds. The molecular formula is C22H19FN2O3. The SMILES string of the molecule is CNC(=O)c1ccc(C2=C/C(=C3\C(=O)Nc4cc(F)ccc43)OC2(C)C)cc1. The lowest BCUT2D eigenvalue weighted by Crippen LogP contribution is -2.21. The van der Waals surface area contributed by atoms with E-state index < -0.39 is 11.4 Å². The third-order valence-electron chi connectivity index (χ3n) is 4.95. The fraction of sp³-hybridized carbons (Fsp3) is 0.182. The van der Waals surface area contributed by atoms with Crippen molar-refractivity contribution < 1.29 is 18.7 Å². The summed E-state index contributed by atoms with van der Waals surface area (Å²) in [6.45, 7) is 3.83. The molecule has 0 bridgehead atoms. The van der Waals surface area contributed by atoms with E-state index >= 15 is 0 Å². The lowest BCUT2D eigenvalue weighted by Gasteiger charge is -2.23. The van der Waals surface area contributed by atoms with Crippen LogP contribution < -0.4 is 10.6 Å². The predicted octanol–water partition coefficient (Wildman–Crippen LogP) is 3.74. The zero-order chi connectivity index (χ0) is 20.1. The van der Waals surface area contributed by atoms with Crippen molar-refractivity contribution in [1.82, 2.24) is 5.32 Å². The van der Waals surface area contributed by atoms with Gasteiger partial charge in [-0.25, -0.2) is 4.39 Å². The normalized spacial score (nSPS) is 19.6. The molecule has 6 heteroatoms. The number of carbonyl (C=O) groups excluding carboxylic acids is 2. The topological polar surface area (TPSA) is 67.4 Å². The van der Waals surface area contributed by atoms with Gasteiger partial charge in [-0.15, -0.1) is 0 Å². The van der Waals surface area contributed by atoms with Crippen LogP contribution in [-0.2, 0) is 9.53 Å². The number of fused-ring (bicyclic) bond motifs is 1. The molecule has 4 rings (SSSR count). The van der Waals surface area contributed by atoms with Crippen LogP contribution in [0.25, 0.3) is 11.1 Å². The first-order chi connectivity index (χ1) is 13.3. The van der Waals surface area contributed by atoms with Crippen molar-refractivity contribution in [3.63, 3.8) is 0 Å². The van der Waals surface area contributed by atoms with Crippen molar-refractivity contribution in [2.75, 3.05) is 12.4 Å². The molecule has 2 N–H and O–H groups in total. The third kappa shape index (κ3) is 2.87. The zero-order valence-electron chi connectivity index (χ0n) is 15.7. The number of nitrogens with one attached hydrogen (secondary N) is 2. The van der Waals surface area contributed by atoms with Gasteiger partial charge in [0, 0.05) is 23.7 Å². The summed E-state index contributed by atoms with van der Waals surface area (Å²) < 4.78 is 19.6. The number of benzene rings is 2. The Morgan fingerprint density at radius 1 is 1.14 bits per heavy atom. The van der Waals surface area contributed by atoms with Crippen LogP contribution >= 0.6 is 0 Å². The Bertz CT molecular complexity index is 1070. The number of anilines is 1. The number of ether oxygens (including phenoxy) is 1. The number of hydrogen-bond acceptors (Lipinski definition) is 3. The Morgan fingerprint density at radius 2 is 1.86 bits per heavy atom. The van der Waals surface area contributed by atoms with E-state index in [0.717, 1.165) is 11.1 Å². The number of amides is 2. The van der Waals surface area contributed by atoms with Gasteiger partial charge in [-0.2, -0.15) is 0 Å². The molecule has 0 saturated carbocycles. The van der Waals surface area contributed by atoms with E-state index in [2.05, 4.69) is 10.6 Å². The molecule has 0 unspecified atom stereocenters. The standard InChI is InChI=1S/C22H19FN2O3/c1-22(2)16(12-4-6-13(7-5-12)20(26)24-3)11-18(28-22)19-15-9-8-14(23)10-17(15)25-21(19)27/h4-11H,1-3H3,(H,24,26)(H,25,27)/b19-18+. The van der Waals surface area contributed by atoms with E-state index in [1.165, 1.54) is 12.1 Å². The Labute approximate surface area is 161 Å². The first-order valence-electron chi connectivity index (χ1n) is 8.89. The number of hydrogen-bond donors (Lipinski definition) is 2. The molecule has 5 nitrogen and oxygen atoms in total. The molecule has 142 valence electrons. The summed E-state index contributed by atoms with van der Waals surface area (Å²) in [7, 11) is 1.58. The molecule has 2 aliphatic rings. The van der Waals surface area contributed by atoms with Gasteiger partial charge >= 0.3 is 0 Å². The highest BCUT2D eigenvalue weighted by molar-refractivity contribution is 6.32. The molecule has 2 aliphatic heterocycles. The van der Waals surface area contributed by atoms with E-state index in [-0.39, 0.29) is 11.8 Å². The average Bonchev–Trinajstić information content (AvgIpc) is 3.15. The predicted molar refractivity (Wildman–Crippen MR) is 105 cm³/mol. The van der Waals surface area contributed by atoms with Crippen molar-refractivity contribution >= 4 is 28.6 Å². The van der Waals surface area contributed by atoms with Gasteiger partial charge in [0.1, 0.15) is 17.2 Å². The number of rotatable bonds is 2. The molecule has 0 radical (unpaired) electrons. The lowest BCUT2D eigenvalue weighted by molar-refractivity contribution is -0.111. The van der Waals surface area contributed by atoms with Gasteiger partial charge in [-0.05, 0) is 55.8 Å². The fourth-order valence-corrected chi connectivity index (χ4v) is 3.55. The summed E-state index contributed by atoms with van der Waals surface area (Å²) in [5, 5.41) is 5.28.